The molecule has 0 aliphatic heterocycles. The Labute approximate surface area is 76.1 Å². The average Bonchev–Trinajstić information content (AvgIpc) is 1.95. The summed E-state index contributed by atoms with van der Waals surface area (Å²) in [5.74, 6) is -0.601. The smallest absolute Gasteiger partial charge is 0.464 e. The number of esters is 1. The lowest BCUT2D eigenvalue weighted by Gasteiger charge is -2.07. The molecule has 0 bridgehead atoms. The van der Waals surface area contributed by atoms with Crippen molar-refractivity contribution in [2.24, 2.45) is 5.92 Å². The van der Waals surface area contributed by atoms with Crippen LogP contribution in [-0.4, -0.2) is 29.0 Å². The number of carbonyl (C=O) groups excluding carboxylic acids is 1. The predicted octanol–water partition coefficient (Wildman–Crippen LogP) is 0.295. The lowest BCUT2D eigenvalue weighted by molar-refractivity contribution is -0.147. The maximum atomic E-state index is 10.7. The highest BCUT2D eigenvalue weighted by Crippen LogP contribution is 2.35. The number of phosphoric acid groups is 1. The molecule has 0 amide bonds. The van der Waals surface area contributed by atoms with Gasteiger partial charge in [0.25, 0.3) is 0 Å². The maximum Gasteiger partial charge on any atom is 0.470 e. The van der Waals surface area contributed by atoms with Gasteiger partial charge in [0.15, 0.2) is 6.61 Å². The third kappa shape index (κ3) is 9.49. The molecule has 0 aromatic rings. The summed E-state index contributed by atoms with van der Waals surface area (Å²) in [6.07, 6.45) is 0. The molecule has 0 aromatic heterocycles. The highest BCUT2D eigenvalue weighted by molar-refractivity contribution is 7.46. The number of carbonyl (C=O) groups is 1. The van der Waals surface area contributed by atoms with Crippen LogP contribution in [0.4, 0.5) is 0 Å². The Bertz CT molecular complexity index is 207. The van der Waals surface area contributed by atoms with E-state index >= 15 is 0 Å². The van der Waals surface area contributed by atoms with Crippen LogP contribution in [0.2, 0.25) is 0 Å². The predicted molar refractivity (Wildman–Crippen MR) is 43.8 cm³/mol. The third-order valence-corrected chi connectivity index (χ3v) is 1.39. The zero-order valence-corrected chi connectivity index (χ0v) is 8.36. The first-order valence-corrected chi connectivity index (χ1v) is 5.20. The van der Waals surface area contributed by atoms with Crippen molar-refractivity contribution in [1.82, 2.24) is 0 Å². The van der Waals surface area contributed by atoms with Gasteiger partial charge < -0.3 is 14.5 Å². The minimum atomic E-state index is -4.57. The molecule has 0 saturated carbocycles. The summed E-state index contributed by atoms with van der Waals surface area (Å²) in [4.78, 5) is 27.2. The SMILES string of the molecule is CC(C)COC(=O)COP(=O)(O)O. The molecule has 0 rings (SSSR count). The van der Waals surface area contributed by atoms with E-state index in [4.69, 9.17) is 9.79 Å². The monoisotopic (exact) mass is 212 g/mol. The highest BCUT2D eigenvalue weighted by atomic mass is 31.2. The summed E-state index contributed by atoms with van der Waals surface area (Å²) in [6, 6.07) is 0. The van der Waals surface area contributed by atoms with Crippen LogP contribution < -0.4 is 0 Å². The normalized spacial score (nSPS) is 11.8. The van der Waals surface area contributed by atoms with Crippen molar-refractivity contribution < 1.29 is 28.4 Å². The molecule has 0 saturated heterocycles. The number of rotatable bonds is 5. The second kappa shape index (κ2) is 5.34. The summed E-state index contributed by atoms with van der Waals surface area (Å²) in [6.45, 7) is 3.18. The largest absolute Gasteiger partial charge is 0.470 e. The van der Waals surface area contributed by atoms with Crippen molar-refractivity contribution in [3.8, 4) is 0 Å². The Hall–Kier alpha value is -0.420. The van der Waals surface area contributed by atoms with E-state index < -0.39 is 20.4 Å². The van der Waals surface area contributed by atoms with Crippen molar-refractivity contribution in [2.45, 2.75) is 13.8 Å². The molecule has 0 unspecified atom stereocenters. The van der Waals surface area contributed by atoms with Crippen LogP contribution in [0.5, 0.6) is 0 Å². The molecule has 0 radical (unpaired) electrons. The first kappa shape index (κ1) is 12.6. The Balaban J connectivity index is 3.59. The standard InChI is InChI=1S/C6H13O6P/c1-5(2)3-11-6(7)4-12-13(8,9)10/h5H,3-4H2,1-2H3,(H2,8,9,10). The number of ether oxygens (including phenoxy) is 1. The van der Waals surface area contributed by atoms with E-state index in [1.54, 1.807) is 0 Å². The summed E-state index contributed by atoms with van der Waals surface area (Å²) in [5.41, 5.74) is 0. The van der Waals surface area contributed by atoms with Crippen LogP contribution >= 0.6 is 7.82 Å². The van der Waals surface area contributed by atoms with Crippen molar-refractivity contribution in [1.29, 1.82) is 0 Å². The Kier molecular flexibility index (Phi) is 5.17. The zero-order chi connectivity index (χ0) is 10.5. The van der Waals surface area contributed by atoms with Gasteiger partial charge in [0.2, 0.25) is 0 Å². The minimum absolute atomic E-state index is 0.180. The van der Waals surface area contributed by atoms with E-state index in [1.165, 1.54) is 0 Å². The molecule has 0 spiro atoms. The molecule has 6 nitrogen and oxygen atoms in total. The molecule has 13 heavy (non-hydrogen) atoms. The second-order valence-corrected chi connectivity index (χ2v) is 4.08. The summed E-state index contributed by atoms with van der Waals surface area (Å²) in [5, 5.41) is 0. The fourth-order valence-corrected chi connectivity index (χ4v) is 0.712. The molecule has 0 aliphatic rings. The Morgan fingerprint density at radius 1 is 1.46 bits per heavy atom. The van der Waals surface area contributed by atoms with Crippen LogP contribution in [0.15, 0.2) is 0 Å². The summed E-state index contributed by atoms with van der Waals surface area (Å²) >= 11 is 0. The summed E-state index contributed by atoms with van der Waals surface area (Å²) in [7, 11) is -4.57. The fraction of sp³-hybridized carbons (Fsp3) is 0.833. The molecule has 7 heteroatoms. The number of phosphoric ester groups is 1. The van der Waals surface area contributed by atoms with Gasteiger partial charge in [0.05, 0.1) is 6.61 Å². The molecule has 0 atom stereocenters. The quantitative estimate of drug-likeness (QED) is 0.502. The van der Waals surface area contributed by atoms with Crippen molar-refractivity contribution in [3.05, 3.63) is 0 Å². The molecular formula is C6H13O6P. The highest BCUT2D eigenvalue weighted by Gasteiger charge is 2.16. The van der Waals surface area contributed by atoms with Crippen molar-refractivity contribution in [3.63, 3.8) is 0 Å². The lowest BCUT2D eigenvalue weighted by atomic mass is 10.2. The molecular weight excluding hydrogens is 199 g/mol. The third-order valence-electron chi connectivity index (χ3n) is 0.928. The molecule has 2 N–H and O–H groups in total. The van der Waals surface area contributed by atoms with E-state index in [0.29, 0.717) is 0 Å². The van der Waals surface area contributed by atoms with Gasteiger partial charge in [-0.1, -0.05) is 13.8 Å². The van der Waals surface area contributed by atoms with E-state index in [9.17, 15) is 9.36 Å². The van der Waals surface area contributed by atoms with Gasteiger partial charge in [0.1, 0.15) is 0 Å². The molecule has 0 aliphatic carbocycles. The van der Waals surface area contributed by atoms with Crippen molar-refractivity contribution >= 4 is 13.8 Å². The number of hydrogen-bond donors (Lipinski definition) is 2. The fourth-order valence-electron chi connectivity index (χ4n) is 0.438. The van der Waals surface area contributed by atoms with Crippen LogP contribution in [0.3, 0.4) is 0 Å². The zero-order valence-electron chi connectivity index (χ0n) is 7.47. The average molecular weight is 212 g/mol. The minimum Gasteiger partial charge on any atom is -0.464 e. The topological polar surface area (TPSA) is 93.1 Å². The first-order chi connectivity index (χ1) is 5.81. The van der Waals surface area contributed by atoms with Crippen LogP contribution in [0, 0.1) is 5.92 Å². The Morgan fingerprint density at radius 2 is 2.00 bits per heavy atom. The van der Waals surface area contributed by atoms with Gasteiger partial charge in [-0.2, -0.15) is 0 Å². The molecule has 78 valence electrons. The van der Waals surface area contributed by atoms with E-state index in [1.807, 2.05) is 13.8 Å². The van der Waals surface area contributed by atoms with E-state index in [2.05, 4.69) is 9.26 Å². The van der Waals surface area contributed by atoms with Gasteiger partial charge in [-0.15, -0.1) is 0 Å². The molecule has 0 aromatic carbocycles. The van der Waals surface area contributed by atoms with E-state index in [0.717, 1.165) is 0 Å². The van der Waals surface area contributed by atoms with E-state index in [-0.39, 0.29) is 12.5 Å². The van der Waals surface area contributed by atoms with Gasteiger partial charge in [-0.25, -0.2) is 9.36 Å². The van der Waals surface area contributed by atoms with Gasteiger partial charge in [-0.05, 0) is 5.92 Å². The first-order valence-electron chi connectivity index (χ1n) is 3.67. The van der Waals surface area contributed by atoms with Gasteiger partial charge in [0, 0.05) is 0 Å². The lowest BCUT2D eigenvalue weighted by Crippen LogP contribution is -2.14. The van der Waals surface area contributed by atoms with Crippen LogP contribution in [-0.2, 0) is 18.6 Å². The Morgan fingerprint density at radius 3 is 2.38 bits per heavy atom. The van der Waals surface area contributed by atoms with Crippen LogP contribution in [0.25, 0.3) is 0 Å². The molecule has 0 heterocycles. The number of hydrogen-bond acceptors (Lipinski definition) is 4. The van der Waals surface area contributed by atoms with Gasteiger partial charge >= 0.3 is 13.8 Å². The maximum absolute atomic E-state index is 10.7. The second-order valence-electron chi connectivity index (χ2n) is 2.84. The van der Waals surface area contributed by atoms with Crippen molar-refractivity contribution in [2.75, 3.05) is 13.2 Å². The molecule has 0 fully saturated rings. The van der Waals surface area contributed by atoms with Crippen LogP contribution in [0.1, 0.15) is 13.8 Å². The van der Waals surface area contributed by atoms with Gasteiger partial charge in [-0.3, -0.25) is 4.52 Å². The summed E-state index contributed by atoms with van der Waals surface area (Å²) < 4.78 is 18.6.